The number of anilines is 1. The van der Waals surface area contributed by atoms with E-state index in [0.717, 1.165) is 11.3 Å². The number of oxime groups is 1. The fraction of sp³-hybridized carbons (Fsp3) is 0.429. The minimum absolute atomic E-state index is 0.0825. The largest absolute Gasteiger partial charge is 0.497 e. The van der Waals surface area contributed by atoms with Crippen molar-refractivity contribution in [3.05, 3.63) is 23.8 Å². The summed E-state index contributed by atoms with van der Waals surface area (Å²) in [6.45, 7) is 8.66. The third-order valence-corrected chi connectivity index (χ3v) is 4.85. The minimum Gasteiger partial charge on any atom is -0.497 e. The second kappa shape index (κ2) is 5.28. The van der Waals surface area contributed by atoms with Gasteiger partial charge in [0.1, 0.15) is 12.4 Å². The first kappa shape index (κ1) is 14.6. The molecule has 20 heavy (non-hydrogen) atoms. The number of hydrogen-bond donors (Lipinski definition) is 0. The maximum Gasteiger partial charge on any atom is 0.273 e. The number of carbonyl (C=O) groups is 1. The molecule has 0 N–H and O–H groups in total. The molecule has 5 nitrogen and oxygen atoms in total. The van der Waals surface area contributed by atoms with Crippen LogP contribution in [-0.4, -0.2) is 33.6 Å². The van der Waals surface area contributed by atoms with Crippen LogP contribution in [0, 0.1) is 0 Å². The number of methoxy groups -OCH3 is 1. The molecule has 1 aromatic rings. The van der Waals surface area contributed by atoms with E-state index in [4.69, 9.17) is 9.57 Å². The van der Waals surface area contributed by atoms with Gasteiger partial charge in [-0.05, 0) is 25.1 Å². The molecule has 6 heteroatoms. The number of rotatable bonds is 4. The molecule has 1 aliphatic heterocycles. The van der Waals surface area contributed by atoms with E-state index < -0.39 is 8.24 Å². The SMILES string of the molecule is CCO/N=C1/C(=O)N([Si](C)(C)C)c2ccc(OC)cc21. The van der Waals surface area contributed by atoms with E-state index in [1.807, 2.05) is 29.7 Å². The van der Waals surface area contributed by atoms with Gasteiger partial charge in [0, 0.05) is 11.3 Å². The normalized spacial score (nSPS) is 16.6. The molecule has 1 amide bonds. The summed E-state index contributed by atoms with van der Waals surface area (Å²) in [6, 6.07) is 5.62. The number of amides is 1. The summed E-state index contributed by atoms with van der Waals surface area (Å²) in [5.74, 6) is 0.624. The van der Waals surface area contributed by atoms with Gasteiger partial charge in [-0.25, -0.2) is 0 Å². The van der Waals surface area contributed by atoms with Crippen molar-refractivity contribution in [2.24, 2.45) is 5.16 Å². The van der Waals surface area contributed by atoms with Crippen LogP contribution < -0.4 is 9.30 Å². The fourth-order valence-corrected chi connectivity index (χ4v) is 3.87. The maximum absolute atomic E-state index is 12.6. The summed E-state index contributed by atoms with van der Waals surface area (Å²) in [5.41, 5.74) is 2.04. The molecular formula is C14H20N2O3Si. The van der Waals surface area contributed by atoms with Crippen LogP contribution >= 0.6 is 0 Å². The highest BCUT2D eigenvalue weighted by molar-refractivity contribution is 6.87. The first-order chi connectivity index (χ1) is 9.40. The van der Waals surface area contributed by atoms with Crippen molar-refractivity contribution < 1.29 is 14.4 Å². The van der Waals surface area contributed by atoms with Crippen molar-refractivity contribution in [2.75, 3.05) is 18.3 Å². The van der Waals surface area contributed by atoms with Gasteiger partial charge in [0.15, 0.2) is 13.9 Å². The molecule has 0 saturated heterocycles. The molecule has 0 aliphatic carbocycles. The zero-order chi connectivity index (χ0) is 14.9. The van der Waals surface area contributed by atoms with E-state index in [1.165, 1.54) is 0 Å². The van der Waals surface area contributed by atoms with Gasteiger partial charge in [-0.15, -0.1) is 0 Å². The number of carbonyl (C=O) groups excluding carboxylic acids is 1. The molecule has 2 rings (SSSR count). The number of nitrogens with zero attached hydrogens (tertiary/aromatic N) is 2. The first-order valence-electron chi connectivity index (χ1n) is 6.63. The summed E-state index contributed by atoms with van der Waals surface area (Å²) in [7, 11) is -0.235. The number of ether oxygens (including phenoxy) is 1. The van der Waals surface area contributed by atoms with Crippen LogP contribution in [0.5, 0.6) is 5.75 Å². The highest BCUT2D eigenvalue weighted by Crippen LogP contribution is 2.35. The smallest absolute Gasteiger partial charge is 0.273 e. The number of fused-ring (bicyclic) bond motifs is 1. The van der Waals surface area contributed by atoms with Crippen LogP contribution in [-0.2, 0) is 9.63 Å². The Kier molecular flexibility index (Phi) is 3.85. The van der Waals surface area contributed by atoms with Crippen molar-refractivity contribution in [3.63, 3.8) is 0 Å². The van der Waals surface area contributed by atoms with Crippen LogP contribution in [0.15, 0.2) is 23.4 Å². The molecule has 0 atom stereocenters. The average molecular weight is 292 g/mol. The third kappa shape index (κ3) is 2.43. The molecule has 0 bridgehead atoms. The Morgan fingerprint density at radius 2 is 2.00 bits per heavy atom. The van der Waals surface area contributed by atoms with E-state index in [1.54, 1.807) is 7.11 Å². The maximum atomic E-state index is 12.6. The van der Waals surface area contributed by atoms with E-state index in [2.05, 4.69) is 24.8 Å². The first-order valence-corrected chi connectivity index (χ1v) is 10.1. The van der Waals surface area contributed by atoms with Gasteiger partial charge in [0.05, 0.1) is 7.11 Å². The van der Waals surface area contributed by atoms with Crippen LogP contribution in [0.3, 0.4) is 0 Å². The zero-order valence-electron chi connectivity index (χ0n) is 12.6. The van der Waals surface area contributed by atoms with Crippen molar-refractivity contribution in [1.82, 2.24) is 0 Å². The Morgan fingerprint density at radius 1 is 1.30 bits per heavy atom. The van der Waals surface area contributed by atoms with Crippen LogP contribution in [0.4, 0.5) is 5.69 Å². The Labute approximate surface area is 120 Å². The topological polar surface area (TPSA) is 51.1 Å². The van der Waals surface area contributed by atoms with Crippen LogP contribution in [0.25, 0.3) is 0 Å². The molecule has 0 saturated carbocycles. The van der Waals surface area contributed by atoms with Gasteiger partial charge >= 0.3 is 0 Å². The lowest BCUT2D eigenvalue weighted by atomic mass is 10.1. The van der Waals surface area contributed by atoms with Gasteiger partial charge < -0.3 is 14.1 Å². The lowest BCUT2D eigenvalue weighted by Crippen LogP contribution is -2.49. The van der Waals surface area contributed by atoms with Crippen LogP contribution in [0.2, 0.25) is 19.6 Å². The van der Waals surface area contributed by atoms with Crippen molar-refractivity contribution >= 4 is 25.5 Å². The second-order valence-corrected chi connectivity index (χ2v) is 10.3. The van der Waals surface area contributed by atoms with E-state index in [9.17, 15) is 4.79 Å². The van der Waals surface area contributed by atoms with E-state index in [0.29, 0.717) is 18.1 Å². The van der Waals surface area contributed by atoms with Crippen molar-refractivity contribution in [3.8, 4) is 5.75 Å². The minimum atomic E-state index is -1.84. The zero-order valence-corrected chi connectivity index (χ0v) is 13.6. The average Bonchev–Trinajstić information content (AvgIpc) is 2.67. The molecule has 0 radical (unpaired) electrons. The molecule has 0 spiro atoms. The second-order valence-electron chi connectivity index (χ2n) is 5.55. The quantitative estimate of drug-likeness (QED) is 0.633. The highest BCUT2D eigenvalue weighted by Gasteiger charge is 2.41. The number of benzene rings is 1. The molecule has 1 heterocycles. The van der Waals surface area contributed by atoms with Crippen LogP contribution in [0.1, 0.15) is 12.5 Å². The summed E-state index contributed by atoms with van der Waals surface area (Å²) < 4.78 is 7.11. The van der Waals surface area contributed by atoms with Gasteiger partial charge in [-0.1, -0.05) is 24.8 Å². The molecular weight excluding hydrogens is 272 g/mol. The van der Waals surface area contributed by atoms with Gasteiger partial charge in [-0.3, -0.25) is 4.79 Å². The molecule has 108 valence electrons. The predicted octanol–water partition coefficient (Wildman–Crippen LogP) is 2.62. The van der Waals surface area contributed by atoms with Gasteiger partial charge in [-0.2, -0.15) is 0 Å². The Balaban J connectivity index is 2.58. The summed E-state index contributed by atoms with van der Waals surface area (Å²) in [5, 5.41) is 4.00. The summed E-state index contributed by atoms with van der Waals surface area (Å²) in [4.78, 5) is 17.7. The Bertz CT molecular complexity index is 564. The fourth-order valence-electron chi connectivity index (χ4n) is 2.24. The summed E-state index contributed by atoms with van der Waals surface area (Å²) >= 11 is 0. The molecule has 1 aromatic carbocycles. The van der Waals surface area contributed by atoms with E-state index in [-0.39, 0.29) is 5.91 Å². The standard InChI is InChI=1S/C14H20N2O3Si/c1-6-19-15-13-11-9-10(18-2)7-8-12(11)16(14(13)17)20(3,4)5/h7-9H,6H2,1-5H3/b15-13+. The summed E-state index contributed by atoms with van der Waals surface area (Å²) in [6.07, 6.45) is 0. The van der Waals surface area contributed by atoms with E-state index >= 15 is 0 Å². The lowest BCUT2D eigenvalue weighted by Gasteiger charge is -2.30. The van der Waals surface area contributed by atoms with Crippen molar-refractivity contribution in [2.45, 2.75) is 26.6 Å². The molecule has 1 aliphatic rings. The van der Waals surface area contributed by atoms with Gasteiger partial charge in [0.25, 0.3) is 5.91 Å². The monoisotopic (exact) mass is 292 g/mol. The third-order valence-electron chi connectivity index (χ3n) is 3.06. The van der Waals surface area contributed by atoms with Crippen molar-refractivity contribution in [1.29, 1.82) is 0 Å². The Hall–Kier alpha value is -1.82. The van der Waals surface area contributed by atoms with Gasteiger partial charge in [0.2, 0.25) is 0 Å². The Morgan fingerprint density at radius 3 is 2.55 bits per heavy atom. The number of hydrogen-bond acceptors (Lipinski definition) is 4. The highest BCUT2D eigenvalue weighted by atomic mass is 28.3. The predicted molar refractivity (Wildman–Crippen MR) is 82.0 cm³/mol. The molecule has 0 aromatic heterocycles. The lowest BCUT2D eigenvalue weighted by molar-refractivity contribution is -0.111. The molecule has 0 unspecified atom stereocenters. The molecule has 0 fully saturated rings.